The van der Waals surface area contributed by atoms with E-state index < -0.39 is 5.60 Å². The Balaban J connectivity index is 0.00000106. The fourth-order valence-corrected chi connectivity index (χ4v) is 2.77. The highest BCUT2D eigenvalue weighted by Gasteiger charge is 2.40. The van der Waals surface area contributed by atoms with Gasteiger partial charge in [-0.2, -0.15) is 0 Å². The average molecular weight is 290 g/mol. The molecule has 0 amide bonds. The Hall–Kier alpha value is -1.64. The molecule has 1 atom stereocenters. The van der Waals surface area contributed by atoms with Crippen molar-refractivity contribution in [1.29, 1.82) is 0 Å². The molecule has 1 saturated heterocycles. The molecular formula is C18H26O3. The highest BCUT2D eigenvalue weighted by atomic mass is 16.6. The van der Waals surface area contributed by atoms with Crippen molar-refractivity contribution in [3.63, 3.8) is 0 Å². The summed E-state index contributed by atoms with van der Waals surface area (Å²) < 4.78 is 5.55. The number of benzene rings is 1. The Kier molecular flexibility index (Phi) is 7.13. The van der Waals surface area contributed by atoms with Gasteiger partial charge < -0.3 is 4.74 Å². The molecule has 0 radical (unpaired) electrons. The van der Waals surface area contributed by atoms with Crippen LogP contribution in [-0.4, -0.2) is 17.4 Å². The van der Waals surface area contributed by atoms with Crippen molar-refractivity contribution in [3.05, 3.63) is 35.9 Å². The maximum absolute atomic E-state index is 11.7. The molecular weight excluding hydrogens is 264 g/mol. The van der Waals surface area contributed by atoms with Crippen molar-refractivity contribution in [3.8, 4) is 0 Å². The van der Waals surface area contributed by atoms with Crippen molar-refractivity contribution >= 4 is 11.8 Å². The summed E-state index contributed by atoms with van der Waals surface area (Å²) in [5.41, 5.74) is 0.642. The summed E-state index contributed by atoms with van der Waals surface area (Å²) in [6.07, 6.45) is 3.55. The molecule has 0 aliphatic carbocycles. The quantitative estimate of drug-likeness (QED) is 0.606. The number of hydrogen-bond acceptors (Lipinski definition) is 3. The van der Waals surface area contributed by atoms with E-state index in [-0.39, 0.29) is 18.2 Å². The van der Waals surface area contributed by atoms with Crippen LogP contribution in [0.15, 0.2) is 30.3 Å². The van der Waals surface area contributed by atoms with Crippen LogP contribution in [0.5, 0.6) is 0 Å². The smallest absolute Gasteiger partial charge is 0.313 e. The van der Waals surface area contributed by atoms with Gasteiger partial charge in [0.25, 0.3) is 0 Å². The first-order chi connectivity index (χ1) is 10.1. The number of aryl methyl sites for hydroxylation is 1. The van der Waals surface area contributed by atoms with Crippen LogP contribution in [0.1, 0.15) is 58.4 Å². The summed E-state index contributed by atoms with van der Waals surface area (Å²) in [5.74, 6) is -0.351. The van der Waals surface area contributed by atoms with E-state index in [2.05, 4.69) is 19.1 Å². The van der Waals surface area contributed by atoms with Crippen LogP contribution in [0.25, 0.3) is 0 Å². The van der Waals surface area contributed by atoms with Crippen LogP contribution in [0.3, 0.4) is 0 Å². The van der Waals surface area contributed by atoms with E-state index in [1.165, 1.54) is 5.56 Å². The molecule has 1 aliphatic heterocycles. The lowest BCUT2D eigenvalue weighted by Crippen LogP contribution is -2.43. The summed E-state index contributed by atoms with van der Waals surface area (Å²) in [6.45, 7) is 6.05. The first-order valence-electron chi connectivity index (χ1n) is 7.91. The number of rotatable bonds is 5. The highest BCUT2D eigenvalue weighted by molar-refractivity contribution is 5.98. The van der Waals surface area contributed by atoms with Crippen molar-refractivity contribution < 1.29 is 14.3 Å². The third-order valence-electron chi connectivity index (χ3n) is 3.61. The molecule has 0 saturated carbocycles. The third kappa shape index (κ3) is 5.33. The van der Waals surface area contributed by atoms with Gasteiger partial charge in [0.2, 0.25) is 0 Å². The number of Topliss-reactive ketones (excluding diaryl/α,β-unsaturated/α-hetero) is 1. The maximum atomic E-state index is 11.7. The number of hydrogen-bond donors (Lipinski definition) is 0. The molecule has 1 aromatic carbocycles. The zero-order valence-electron chi connectivity index (χ0n) is 13.4. The molecule has 1 unspecified atom stereocenters. The molecule has 1 aliphatic rings. The molecule has 1 aromatic rings. The summed E-state index contributed by atoms with van der Waals surface area (Å²) in [6, 6.07) is 10.1. The number of ketones is 1. The second kappa shape index (κ2) is 8.60. The second-order valence-corrected chi connectivity index (χ2v) is 5.28. The largest absolute Gasteiger partial charge is 0.458 e. The van der Waals surface area contributed by atoms with Gasteiger partial charge >= 0.3 is 5.97 Å². The van der Waals surface area contributed by atoms with Crippen LogP contribution in [0, 0.1) is 0 Å². The van der Waals surface area contributed by atoms with Gasteiger partial charge in [0, 0.05) is 6.42 Å². The zero-order chi connectivity index (χ0) is 15.7. The van der Waals surface area contributed by atoms with Crippen molar-refractivity contribution in [2.45, 2.75) is 64.9 Å². The van der Waals surface area contributed by atoms with Crippen LogP contribution in [0.4, 0.5) is 0 Å². The van der Waals surface area contributed by atoms with Gasteiger partial charge in [0.15, 0.2) is 0 Å². The molecule has 0 aromatic heterocycles. The maximum Gasteiger partial charge on any atom is 0.313 e. The SMILES string of the molecule is CC.CCCC1(CCc2ccccc2)CC(=O)CC(=O)O1. The van der Waals surface area contributed by atoms with Crippen LogP contribution >= 0.6 is 0 Å². The molecule has 0 spiro atoms. The summed E-state index contributed by atoms with van der Waals surface area (Å²) in [4.78, 5) is 23.2. The molecule has 0 N–H and O–H groups in total. The van der Waals surface area contributed by atoms with E-state index >= 15 is 0 Å². The standard InChI is InChI=1S/C16H20O3.C2H6/c1-2-9-16(12-14(17)11-15(18)19-16)10-8-13-6-4-3-5-7-13;1-2/h3-7H,2,8-12H2,1H3;1-2H3. The number of cyclic esters (lactones) is 1. The van der Waals surface area contributed by atoms with Crippen molar-refractivity contribution in [2.24, 2.45) is 0 Å². The van der Waals surface area contributed by atoms with E-state index in [4.69, 9.17) is 4.74 Å². The summed E-state index contributed by atoms with van der Waals surface area (Å²) >= 11 is 0. The van der Waals surface area contributed by atoms with Crippen molar-refractivity contribution in [1.82, 2.24) is 0 Å². The predicted molar refractivity (Wildman–Crippen MR) is 84.1 cm³/mol. The first-order valence-corrected chi connectivity index (χ1v) is 7.91. The van der Waals surface area contributed by atoms with Gasteiger partial charge in [-0.3, -0.25) is 9.59 Å². The number of carbonyl (C=O) groups is 2. The molecule has 1 heterocycles. The van der Waals surface area contributed by atoms with E-state index in [9.17, 15) is 9.59 Å². The molecule has 3 heteroatoms. The minimum atomic E-state index is -0.572. The van der Waals surface area contributed by atoms with E-state index in [1.54, 1.807) is 0 Å². The third-order valence-corrected chi connectivity index (χ3v) is 3.61. The van der Waals surface area contributed by atoms with Gasteiger partial charge in [0.1, 0.15) is 17.8 Å². The summed E-state index contributed by atoms with van der Waals surface area (Å²) in [7, 11) is 0. The monoisotopic (exact) mass is 290 g/mol. The predicted octanol–water partition coefficient (Wildman–Crippen LogP) is 4.09. The zero-order valence-corrected chi connectivity index (χ0v) is 13.4. The number of carbonyl (C=O) groups excluding carboxylic acids is 2. The Bertz CT molecular complexity index is 435. The van der Waals surface area contributed by atoms with Gasteiger partial charge in [-0.15, -0.1) is 0 Å². The Morgan fingerprint density at radius 3 is 2.33 bits per heavy atom. The molecule has 0 bridgehead atoms. The van der Waals surface area contributed by atoms with Gasteiger partial charge in [0.05, 0.1) is 0 Å². The van der Waals surface area contributed by atoms with E-state index in [0.717, 1.165) is 25.7 Å². The minimum absolute atomic E-state index is 0.0118. The number of esters is 1. The van der Waals surface area contributed by atoms with Crippen LogP contribution in [0.2, 0.25) is 0 Å². The normalized spacial score (nSPS) is 21.3. The second-order valence-electron chi connectivity index (χ2n) is 5.28. The Morgan fingerprint density at radius 1 is 1.10 bits per heavy atom. The minimum Gasteiger partial charge on any atom is -0.458 e. The molecule has 116 valence electrons. The lowest BCUT2D eigenvalue weighted by atomic mass is 9.83. The molecule has 3 nitrogen and oxygen atoms in total. The van der Waals surface area contributed by atoms with Gasteiger partial charge in [-0.25, -0.2) is 0 Å². The molecule has 1 fully saturated rings. The van der Waals surface area contributed by atoms with Gasteiger partial charge in [-0.05, 0) is 24.8 Å². The first kappa shape index (κ1) is 17.4. The van der Waals surface area contributed by atoms with Gasteiger partial charge in [-0.1, -0.05) is 57.5 Å². The number of ether oxygens (including phenoxy) is 1. The van der Waals surface area contributed by atoms with E-state index in [1.807, 2.05) is 32.0 Å². The lowest BCUT2D eigenvalue weighted by molar-refractivity contribution is -0.172. The average Bonchev–Trinajstić information content (AvgIpc) is 2.48. The topological polar surface area (TPSA) is 43.4 Å². The van der Waals surface area contributed by atoms with Crippen molar-refractivity contribution in [2.75, 3.05) is 0 Å². The fourth-order valence-electron chi connectivity index (χ4n) is 2.77. The highest BCUT2D eigenvalue weighted by Crippen LogP contribution is 2.33. The van der Waals surface area contributed by atoms with Crippen LogP contribution in [-0.2, 0) is 20.7 Å². The van der Waals surface area contributed by atoms with Crippen LogP contribution < -0.4 is 0 Å². The summed E-state index contributed by atoms with van der Waals surface area (Å²) in [5, 5.41) is 0. The molecule has 2 rings (SSSR count). The fraction of sp³-hybridized carbons (Fsp3) is 0.556. The lowest BCUT2D eigenvalue weighted by Gasteiger charge is -2.36. The Labute approximate surface area is 127 Å². The van der Waals surface area contributed by atoms with E-state index in [0.29, 0.717) is 6.42 Å². The Morgan fingerprint density at radius 2 is 1.76 bits per heavy atom. The molecule has 21 heavy (non-hydrogen) atoms.